The predicted octanol–water partition coefficient (Wildman–Crippen LogP) is 2.22. The van der Waals surface area contributed by atoms with Crippen molar-refractivity contribution < 1.29 is 4.79 Å². The fraction of sp³-hybridized carbons (Fsp3) is 0.733. The molecule has 0 N–H and O–H groups in total. The van der Waals surface area contributed by atoms with E-state index in [1.165, 1.54) is 17.7 Å². The minimum absolute atomic E-state index is 0.353. The van der Waals surface area contributed by atoms with E-state index in [4.69, 9.17) is 0 Å². The number of carbonyl (C=O) groups is 1. The zero-order valence-electron chi connectivity index (χ0n) is 12.1. The molecule has 1 saturated heterocycles. The molecule has 1 saturated carbocycles. The van der Waals surface area contributed by atoms with Crippen molar-refractivity contribution in [1.29, 1.82) is 0 Å². The van der Waals surface area contributed by atoms with Gasteiger partial charge >= 0.3 is 0 Å². The van der Waals surface area contributed by atoms with Crippen LogP contribution in [0, 0.1) is 11.8 Å². The molecule has 5 heteroatoms. The van der Waals surface area contributed by atoms with Gasteiger partial charge in [-0.15, -0.1) is 11.3 Å². The molecule has 0 atom stereocenters. The highest BCUT2D eigenvalue weighted by atomic mass is 32.1. The van der Waals surface area contributed by atoms with Crippen molar-refractivity contribution in [1.82, 2.24) is 14.8 Å². The van der Waals surface area contributed by atoms with Gasteiger partial charge in [0.1, 0.15) is 0 Å². The van der Waals surface area contributed by atoms with Crippen LogP contribution in [0.25, 0.3) is 0 Å². The first-order valence-electron chi connectivity index (χ1n) is 7.57. The van der Waals surface area contributed by atoms with E-state index < -0.39 is 0 Å². The van der Waals surface area contributed by atoms with E-state index in [1.54, 1.807) is 11.3 Å². The minimum Gasteiger partial charge on any atom is -0.345 e. The number of hydrogen-bond acceptors (Lipinski definition) is 4. The molecule has 0 unspecified atom stereocenters. The Bertz CT molecular complexity index is 436. The summed E-state index contributed by atoms with van der Waals surface area (Å²) in [6.45, 7) is 4.28. The fourth-order valence-electron chi connectivity index (χ4n) is 2.99. The lowest BCUT2D eigenvalue weighted by Gasteiger charge is -2.33. The van der Waals surface area contributed by atoms with Gasteiger partial charge in [0.15, 0.2) is 0 Å². The Kier molecular flexibility index (Phi) is 4.36. The first kappa shape index (κ1) is 14.0. The van der Waals surface area contributed by atoms with Gasteiger partial charge in [-0.05, 0) is 44.7 Å². The van der Waals surface area contributed by atoms with Crippen molar-refractivity contribution in [2.45, 2.75) is 32.2 Å². The van der Waals surface area contributed by atoms with Gasteiger partial charge in [-0.1, -0.05) is 0 Å². The van der Waals surface area contributed by atoms with Crippen molar-refractivity contribution in [2.24, 2.45) is 11.8 Å². The van der Waals surface area contributed by atoms with Crippen molar-refractivity contribution >= 4 is 17.2 Å². The Hall–Kier alpha value is -0.940. The standard InChI is InChI=1S/C15H23N3OS/c1-17(15(19)13-2-3-13)9-12-4-6-18(7-5-12)10-14-8-16-11-20-14/h8,11-13H,2-7,9-10H2,1H3. The Balaban J connectivity index is 1.40. The van der Waals surface area contributed by atoms with Crippen molar-refractivity contribution in [3.05, 3.63) is 16.6 Å². The van der Waals surface area contributed by atoms with Gasteiger partial charge in [0.25, 0.3) is 0 Å². The van der Waals surface area contributed by atoms with E-state index in [0.29, 0.717) is 17.7 Å². The summed E-state index contributed by atoms with van der Waals surface area (Å²) < 4.78 is 0. The van der Waals surface area contributed by atoms with Crippen molar-refractivity contribution in [2.75, 3.05) is 26.7 Å². The molecule has 0 aromatic carbocycles. The molecule has 1 aromatic heterocycles. The van der Waals surface area contributed by atoms with Crippen LogP contribution in [-0.2, 0) is 11.3 Å². The Morgan fingerprint density at radius 1 is 1.40 bits per heavy atom. The molecule has 110 valence electrons. The smallest absolute Gasteiger partial charge is 0.225 e. The first-order valence-corrected chi connectivity index (χ1v) is 8.45. The van der Waals surface area contributed by atoms with E-state index in [-0.39, 0.29) is 0 Å². The second-order valence-corrected chi connectivity index (χ2v) is 7.15. The van der Waals surface area contributed by atoms with Crippen molar-refractivity contribution in [3.8, 4) is 0 Å². The first-order chi connectivity index (χ1) is 9.72. The molecular formula is C15H23N3OS. The number of likely N-dealkylation sites (tertiary alicyclic amines) is 1. The molecule has 2 fully saturated rings. The molecule has 0 spiro atoms. The van der Waals surface area contributed by atoms with E-state index in [0.717, 1.165) is 39.0 Å². The van der Waals surface area contributed by atoms with Crippen LogP contribution in [0.1, 0.15) is 30.6 Å². The number of amides is 1. The van der Waals surface area contributed by atoms with Crippen LogP contribution in [0.2, 0.25) is 0 Å². The largest absolute Gasteiger partial charge is 0.345 e. The summed E-state index contributed by atoms with van der Waals surface area (Å²) in [5.74, 6) is 1.41. The third-order valence-electron chi connectivity index (χ3n) is 4.40. The number of hydrogen-bond donors (Lipinski definition) is 0. The summed E-state index contributed by atoms with van der Waals surface area (Å²) in [5, 5.41) is 0. The van der Waals surface area contributed by atoms with Crippen LogP contribution < -0.4 is 0 Å². The van der Waals surface area contributed by atoms with Crippen molar-refractivity contribution in [3.63, 3.8) is 0 Å². The van der Waals surface area contributed by atoms with Gasteiger partial charge in [-0.25, -0.2) is 0 Å². The predicted molar refractivity (Wildman–Crippen MR) is 80.5 cm³/mol. The van der Waals surface area contributed by atoms with Crippen LogP contribution in [0.4, 0.5) is 0 Å². The zero-order chi connectivity index (χ0) is 13.9. The van der Waals surface area contributed by atoms with Gasteiger partial charge in [0, 0.05) is 37.1 Å². The van der Waals surface area contributed by atoms with Gasteiger partial charge in [0.05, 0.1) is 5.51 Å². The lowest BCUT2D eigenvalue weighted by atomic mass is 9.96. The molecule has 1 aliphatic carbocycles. The number of piperidine rings is 1. The Morgan fingerprint density at radius 2 is 2.15 bits per heavy atom. The lowest BCUT2D eigenvalue weighted by Crippen LogP contribution is -2.39. The SMILES string of the molecule is CN(CC1CCN(Cc2cncs2)CC1)C(=O)C1CC1. The van der Waals surface area contributed by atoms with Crippen LogP contribution in [-0.4, -0.2) is 47.4 Å². The van der Waals surface area contributed by atoms with Crippen LogP contribution >= 0.6 is 11.3 Å². The molecule has 20 heavy (non-hydrogen) atoms. The lowest BCUT2D eigenvalue weighted by molar-refractivity contribution is -0.132. The van der Waals surface area contributed by atoms with E-state index in [9.17, 15) is 4.79 Å². The average Bonchev–Trinajstić information content (AvgIpc) is 3.18. The highest BCUT2D eigenvalue weighted by Crippen LogP contribution is 2.31. The third kappa shape index (κ3) is 3.58. The zero-order valence-corrected chi connectivity index (χ0v) is 12.9. The summed E-state index contributed by atoms with van der Waals surface area (Å²) in [4.78, 5) is 21.9. The molecule has 4 nitrogen and oxygen atoms in total. The van der Waals surface area contributed by atoms with Gasteiger partial charge < -0.3 is 4.90 Å². The highest BCUT2D eigenvalue weighted by molar-refractivity contribution is 7.09. The number of nitrogens with zero attached hydrogens (tertiary/aromatic N) is 3. The maximum absolute atomic E-state index is 12.0. The summed E-state index contributed by atoms with van der Waals surface area (Å²) in [5.41, 5.74) is 1.90. The monoisotopic (exact) mass is 293 g/mol. The summed E-state index contributed by atoms with van der Waals surface area (Å²) >= 11 is 1.74. The number of carbonyl (C=O) groups excluding carboxylic acids is 1. The maximum atomic E-state index is 12.0. The van der Waals surface area contributed by atoms with E-state index >= 15 is 0 Å². The number of thiazole rings is 1. The fourth-order valence-corrected chi connectivity index (χ4v) is 3.62. The molecular weight excluding hydrogens is 270 g/mol. The molecule has 2 heterocycles. The average molecular weight is 293 g/mol. The summed E-state index contributed by atoms with van der Waals surface area (Å²) in [7, 11) is 1.98. The van der Waals surface area contributed by atoms with Gasteiger partial charge in [-0.2, -0.15) is 0 Å². The molecule has 2 aliphatic rings. The molecule has 1 aliphatic heterocycles. The van der Waals surface area contributed by atoms with E-state index in [1.807, 2.05) is 23.7 Å². The van der Waals surface area contributed by atoms with Gasteiger partial charge in [0.2, 0.25) is 5.91 Å². The van der Waals surface area contributed by atoms with Gasteiger partial charge in [-0.3, -0.25) is 14.7 Å². The second-order valence-electron chi connectivity index (χ2n) is 6.18. The topological polar surface area (TPSA) is 36.4 Å². The Morgan fingerprint density at radius 3 is 2.75 bits per heavy atom. The molecule has 0 bridgehead atoms. The Labute approximate surface area is 124 Å². The second kappa shape index (κ2) is 6.22. The highest BCUT2D eigenvalue weighted by Gasteiger charge is 2.33. The number of aromatic nitrogens is 1. The van der Waals surface area contributed by atoms with Crippen LogP contribution in [0.15, 0.2) is 11.7 Å². The summed E-state index contributed by atoms with van der Waals surface area (Å²) in [6, 6.07) is 0. The molecule has 1 amide bonds. The van der Waals surface area contributed by atoms with E-state index in [2.05, 4.69) is 9.88 Å². The maximum Gasteiger partial charge on any atom is 0.225 e. The minimum atomic E-state index is 0.353. The molecule has 1 aromatic rings. The third-order valence-corrected chi connectivity index (χ3v) is 5.17. The van der Waals surface area contributed by atoms with Crippen LogP contribution in [0.5, 0.6) is 0 Å². The normalized spacial score (nSPS) is 21.1. The quantitative estimate of drug-likeness (QED) is 0.835. The summed E-state index contributed by atoms with van der Waals surface area (Å²) in [6.07, 6.45) is 6.61. The number of rotatable bonds is 5. The molecule has 3 rings (SSSR count). The van der Waals surface area contributed by atoms with Crippen LogP contribution in [0.3, 0.4) is 0 Å². The molecule has 0 radical (unpaired) electrons.